The smallest absolute Gasteiger partial charge is 0.235 e. The van der Waals surface area contributed by atoms with E-state index >= 15 is 0 Å². The van der Waals surface area contributed by atoms with E-state index in [1.165, 1.54) is 0 Å². The van der Waals surface area contributed by atoms with Gasteiger partial charge >= 0.3 is 0 Å². The third kappa shape index (κ3) is 1.71. The van der Waals surface area contributed by atoms with Gasteiger partial charge in [0.25, 0.3) is 0 Å². The fraction of sp³-hybridized carbons (Fsp3) is 0.250. The average Bonchev–Trinajstić information content (AvgIpc) is 2.71. The van der Waals surface area contributed by atoms with Crippen LogP contribution in [-0.4, -0.2) is 21.4 Å². The molecule has 0 aromatic carbocycles. The van der Waals surface area contributed by atoms with Crippen molar-refractivity contribution < 1.29 is 9.59 Å². The molecule has 0 bridgehead atoms. The minimum Gasteiger partial charge on any atom is -0.397 e. The maximum Gasteiger partial charge on any atom is 0.235 e. The monoisotopic (exact) mass is 244 g/mol. The molecular formula is C12H12N4O2. The first-order chi connectivity index (χ1) is 8.63. The Labute approximate surface area is 103 Å². The Bertz CT molecular complexity index is 647. The Morgan fingerprint density at radius 2 is 2.22 bits per heavy atom. The van der Waals surface area contributed by atoms with Crippen LogP contribution in [0.1, 0.15) is 24.5 Å². The molecule has 3 N–H and O–H groups in total. The van der Waals surface area contributed by atoms with Crippen molar-refractivity contribution >= 4 is 23.0 Å². The van der Waals surface area contributed by atoms with Crippen LogP contribution < -0.4 is 11.1 Å². The van der Waals surface area contributed by atoms with Gasteiger partial charge in [-0.3, -0.25) is 14.9 Å². The molecule has 92 valence electrons. The number of aromatic nitrogens is 2. The number of anilines is 1. The fourth-order valence-corrected chi connectivity index (χ4v) is 2.17. The molecule has 2 amide bonds. The van der Waals surface area contributed by atoms with Gasteiger partial charge in [-0.2, -0.15) is 5.10 Å². The number of hydrogen-bond acceptors (Lipinski definition) is 4. The summed E-state index contributed by atoms with van der Waals surface area (Å²) in [6, 6.07) is 5.47. The van der Waals surface area contributed by atoms with Gasteiger partial charge in [-0.1, -0.05) is 0 Å². The molecule has 1 fully saturated rings. The van der Waals surface area contributed by atoms with E-state index in [0.29, 0.717) is 24.2 Å². The summed E-state index contributed by atoms with van der Waals surface area (Å²) in [5.41, 5.74) is 7.83. The quantitative estimate of drug-likeness (QED) is 0.712. The number of imide groups is 1. The Hall–Kier alpha value is -2.37. The SMILES string of the molecule is Nc1ccc2cc(C3CCC(=O)NC3=O)nn2c1. The number of fused-ring (bicyclic) bond motifs is 1. The molecule has 3 heterocycles. The van der Waals surface area contributed by atoms with E-state index in [0.717, 1.165) is 5.52 Å². The predicted molar refractivity (Wildman–Crippen MR) is 64.7 cm³/mol. The van der Waals surface area contributed by atoms with Gasteiger partial charge in [0.1, 0.15) is 0 Å². The fourth-order valence-electron chi connectivity index (χ4n) is 2.17. The predicted octanol–water partition coefficient (Wildman–Crippen LogP) is 0.437. The number of nitrogen functional groups attached to an aromatic ring is 1. The van der Waals surface area contributed by atoms with Gasteiger partial charge in [0, 0.05) is 6.42 Å². The number of carbonyl (C=O) groups excluding carboxylic acids is 2. The lowest BCUT2D eigenvalue weighted by atomic mass is 9.95. The highest BCUT2D eigenvalue weighted by atomic mass is 16.2. The Morgan fingerprint density at radius 1 is 1.39 bits per heavy atom. The molecular weight excluding hydrogens is 232 g/mol. The van der Waals surface area contributed by atoms with Crippen LogP contribution in [0.3, 0.4) is 0 Å². The van der Waals surface area contributed by atoms with Crippen molar-refractivity contribution in [3.8, 4) is 0 Å². The van der Waals surface area contributed by atoms with Crippen LogP contribution in [0.15, 0.2) is 24.4 Å². The maximum absolute atomic E-state index is 11.7. The van der Waals surface area contributed by atoms with Crippen LogP contribution in [0.25, 0.3) is 5.52 Å². The van der Waals surface area contributed by atoms with Gasteiger partial charge in [-0.05, 0) is 24.6 Å². The summed E-state index contributed by atoms with van der Waals surface area (Å²) >= 11 is 0. The normalized spacial score (nSPS) is 20.1. The first kappa shape index (κ1) is 10.8. The lowest BCUT2D eigenvalue weighted by Gasteiger charge is -2.18. The van der Waals surface area contributed by atoms with Crippen molar-refractivity contribution in [2.75, 3.05) is 5.73 Å². The molecule has 1 saturated heterocycles. The molecule has 18 heavy (non-hydrogen) atoms. The Kier molecular flexibility index (Phi) is 2.29. The van der Waals surface area contributed by atoms with E-state index in [1.54, 1.807) is 16.8 Å². The summed E-state index contributed by atoms with van der Waals surface area (Å²) in [4.78, 5) is 22.8. The second-order valence-corrected chi connectivity index (χ2v) is 4.40. The van der Waals surface area contributed by atoms with Crippen molar-refractivity contribution in [1.29, 1.82) is 0 Å². The van der Waals surface area contributed by atoms with Gasteiger partial charge < -0.3 is 5.73 Å². The van der Waals surface area contributed by atoms with Crippen LogP contribution in [-0.2, 0) is 9.59 Å². The number of carbonyl (C=O) groups is 2. The van der Waals surface area contributed by atoms with E-state index in [4.69, 9.17) is 5.73 Å². The molecule has 1 unspecified atom stereocenters. The van der Waals surface area contributed by atoms with Crippen LogP contribution in [0.5, 0.6) is 0 Å². The zero-order chi connectivity index (χ0) is 12.7. The van der Waals surface area contributed by atoms with E-state index in [9.17, 15) is 9.59 Å². The number of rotatable bonds is 1. The number of pyridine rings is 1. The lowest BCUT2D eigenvalue weighted by molar-refractivity contribution is -0.134. The van der Waals surface area contributed by atoms with Crippen LogP contribution in [0.4, 0.5) is 5.69 Å². The average molecular weight is 244 g/mol. The van der Waals surface area contributed by atoms with E-state index in [-0.39, 0.29) is 17.7 Å². The van der Waals surface area contributed by atoms with Crippen LogP contribution in [0, 0.1) is 0 Å². The van der Waals surface area contributed by atoms with Crippen LogP contribution in [0.2, 0.25) is 0 Å². The lowest BCUT2D eigenvalue weighted by Crippen LogP contribution is -2.39. The Morgan fingerprint density at radius 3 is 3.00 bits per heavy atom. The number of piperidine rings is 1. The zero-order valence-corrected chi connectivity index (χ0v) is 9.59. The molecule has 0 aliphatic carbocycles. The summed E-state index contributed by atoms with van der Waals surface area (Å²) < 4.78 is 1.65. The number of nitrogens with one attached hydrogen (secondary N) is 1. The summed E-state index contributed by atoms with van der Waals surface area (Å²) in [6.45, 7) is 0. The van der Waals surface area contributed by atoms with Gasteiger partial charge in [-0.15, -0.1) is 0 Å². The van der Waals surface area contributed by atoms with Crippen LogP contribution >= 0.6 is 0 Å². The summed E-state index contributed by atoms with van der Waals surface area (Å²) in [5.74, 6) is -0.851. The van der Waals surface area contributed by atoms with E-state index < -0.39 is 0 Å². The van der Waals surface area contributed by atoms with Gasteiger partial charge in [0.15, 0.2) is 0 Å². The number of amides is 2. The first-order valence-electron chi connectivity index (χ1n) is 5.72. The highest BCUT2D eigenvalue weighted by Crippen LogP contribution is 2.24. The van der Waals surface area contributed by atoms with E-state index in [2.05, 4.69) is 10.4 Å². The third-order valence-electron chi connectivity index (χ3n) is 3.10. The highest BCUT2D eigenvalue weighted by molar-refractivity contribution is 6.00. The van der Waals surface area contributed by atoms with Crippen molar-refractivity contribution in [2.45, 2.75) is 18.8 Å². The molecule has 2 aromatic heterocycles. The summed E-state index contributed by atoms with van der Waals surface area (Å²) in [7, 11) is 0. The Balaban J connectivity index is 1.99. The largest absolute Gasteiger partial charge is 0.397 e. The molecule has 2 aromatic rings. The number of nitrogens with two attached hydrogens (primary N) is 1. The highest BCUT2D eigenvalue weighted by Gasteiger charge is 2.29. The van der Waals surface area contributed by atoms with Crippen molar-refractivity contribution in [1.82, 2.24) is 14.9 Å². The first-order valence-corrected chi connectivity index (χ1v) is 5.72. The van der Waals surface area contributed by atoms with Crippen molar-refractivity contribution in [3.05, 3.63) is 30.1 Å². The second-order valence-electron chi connectivity index (χ2n) is 4.40. The summed E-state index contributed by atoms with van der Waals surface area (Å²) in [6.07, 6.45) is 2.56. The maximum atomic E-state index is 11.7. The molecule has 1 aliphatic heterocycles. The minimum atomic E-state index is -0.358. The molecule has 0 saturated carbocycles. The minimum absolute atomic E-state index is 0.218. The standard InChI is InChI=1S/C12H12N4O2/c13-7-1-2-8-5-10(15-16(8)6-7)9-3-4-11(17)14-12(9)18/h1-2,5-6,9H,3-4,13H2,(H,14,17,18). The zero-order valence-electron chi connectivity index (χ0n) is 9.59. The number of hydrogen-bond donors (Lipinski definition) is 2. The molecule has 6 heteroatoms. The third-order valence-corrected chi connectivity index (χ3v) is 3.10. The van der Waals surface area contributed by atoms with Crippen molar-refractivity contribution in [2.24, 2.45) is 0 Å². The molecule has 1 atom stereocenters. The molecule has 3 rings (SSSR count). The topological polar surface area (TPSA) is 89.5 Å². The van der Waals surface area contributed by atoms with Gasteiger partial charge in [0.2, 0.25) is 11.8 Å². The van der Waals surface area contributed by atoms with Gasteiger partial charge in [0.05, 0.1) is 29.0 Å². The molecule has 0 spiro atoms. The number of nitrogens with zero attached hydrogens (tertiary/aromatic N) is 2. The second kappa shape index (κ2) is 3.83. The molecule has 1 aliphatic rings. The summed E-state index contributed by atoms with van der Waals surface area (Å²) in [5, 5.41) is 6.67. The van der Waals surface area contributed by atoms with Crippen molar-refractivity contribution in [3.63, 3.8) is 0 Å². The molecule has 0 radical (unpaired) electrons. The molecule has 6 nitrogen and oxygen atoms in total. The van der Waals surface area contributed by atoms with E-state index in [1.807, 2.05) is 12.1 Å². The van der Waals surface area contributed by atoms with Gasteiger partial charge in [-0.25, -0.2) is 4.52 Å².